The van der Waals surface area contributed by atoms with Crippen molar-refractivity contribution in [3.8, 4) is 17.1 Å². The second-order valence-electron chi connectivity index (χ2n) is 4.07. The molecule has 19 heavy (non-hydrogen) atoms. The van der Waals surface area contributed by atoms with E-state index in [1.165, 1.54) is 0 Å². The molecular formula is C14H10BrClN2O. The van der Waals surface area contributed by atoms with Gasteiger partial charge >= 0.3 is 0 Å². The van der Waals surface area contributed by atoms with Gasteiger partial charge in [-0.25, -0.2) is 4.98 Å². The van der Waals surface area contributed by atoms with E-state index >= 15 is 0 Å². The molecule has 0 atom stereocenters. The predicted octanol–water partition coefficient (Wildman–Crippen LogP) is 4.65. The van der Waals surface area contributed by atoms with E-state index in [0.29, 0.717) is 5.02 Å². The number of nitrogens with zero attached hydrogens (tertiary/aromatic N) is 1. The predicted molar refractivity (Wildman–Crippen MR) is 80.8 cm³/mol. The summed E-state index contributed by atoms with van der Waals surface area (Å²) in [5.41, 5.74) is 2.58. The van der Waals surface area contributed by atoms with E-state index < -0.39 is 0 Å². The molecule has 0 saturated carbocycles. The zero-order valence-corrected chi connectivity index (χ0v) is 12.4. The monoisotopic (exact) mass is 336 g/mol. The number of methoxy groups -OCH3 is 1. The number of aromatic amines is 1. The lowest BCUT2D eigenvalue weighted by Gasteiger charge is -2.06. The first-order chi connectivity index (χ1) is 9.19. The van der Waals surface area contributed by atoms with Crippen LogP contribution in [0.1, 0.15) is 0 Å². The number of benzene rings is 2. The van der Waals surface area contributed by atoms with Crippen molar-refractivity contribution in [1.82, 2.24) is 9.97 Å². The summed E-state index contributed by atoms with van der Waals surface area (Å²) in [7, 11) is 1.64. The summed E-state index contributed by atoms with van der Waals surface area (Å²) in [6.45, 7) is 0. The number of fused-ring (bicyclic) bond motifs is 1. The van der Waals surface area contributed by atoms with Crippen LogP contribution in [-0.2, 0) is 0 Å². The highest BCUT2D eigenvalue weighted by molar-refractivity contribution is 9.10. The third-order valence-corrected chi connectivity index (χ3v) is 3.68. The van der Waals surface area contributed by atoms with Gasteiger partial charge in [-0.3, -0.25) is 0 Å². The van der Waals surface area contributed by atoms with Crippen LogP contribution in [0.2, 0.25) is 5.02 Å². The normalized spacial score (nSPS) is 10.9. The number of rotatable bonds is 2. The SMILES string of the molecule is COc1cc(Br)ccc1-c1nc2c(Cl)cccc2[nH]1. The first-order valence-electron chi connectivity index (χ1n) is 5.67. The fourth-order valence-electron chi connectivity index (χ4n) is 1.99. The van der Waals surface area contributed by atoms with Gasteiger partial charge in [-0.15, -0.1) is 0 Å². The molecule has 96 valence electrons. The fourth-order valence-corrected chi connectivity index (χ4v) is 2.54. The second kappa shape index (κ2) is 4.87. The molecule has 1 N–H and O–H groups in total. The minimum absolute atomic E-state index is 0.635. The van der Waals surface area contributed by atoms with Crippen LogP contribution in [0.5, 0.6) is 5.75 Å². The van der Waals surface area contributed by atoms with Crippen LogP contribution in [0.15, 0.2) is 40.9 Å². The molecule has 5 heteroatoms. The average molecular weight is 338 g/mol. The first kappa shape index (κ1) is 12.5. The molecule has 0 bridgehead atoms. The Kier molecular flexibility index (Phi) is 3.21. The van der Waals surface area contributed by atoms with Gasteiger partial charge in [0.2, 0.25) is 0 Å². The smallest absolute Gasteiger partial charge is 0.142 e. The van der Waals surface area contributed by atoms with E-state index in [0.717, 1.165) is 32.6 Å². The molecular weight excluding hydrogens is 328 g/mol. The van der Waals surface area contributed by atoms with Crippen LogP contribution >= 0.6 is 27.5 Å². The van der Waals surface area contributed by atoms with Gasteiger partial charge in [0, 0.05) is 4.47 Å². The molecule has 1 aromatic heterocycles. The summed E-state index contributed by atoms with van der Waals surface area (Å²) in [4.78, 5) is 7.79. The number of imidazole rings is 1. The van der Waals surface area contributed by atoms with E-state index in [9.17, 15) is 0 Å². The van der Waals surface area contributed by atoms with E-state index in [2.05, 4.69) is 25.9 Å². The largest absolute Gasteiger partial charge is 0.496 e. The lowest BCUT2D eigenvalue weighted by molar-refractivity contribution is 0.416. The summed E-state index contributed by atoms with van der Waals surface area (Å²) in [6, 6.07) is 11.5. The topological polar surface area (TPSA) is 37.9 Å². The summed E-state index contributed by atoms with van der Waals surface area (Å²) in [6.07, 6.45) is 0. The number of para-hydroxylation sites is 1. The Labute approximate surface area is 123 Å². The zero-order valence-electron chi connectivity index (χ0n) is 10.1. The summed E-state index contributed by atoms with van der Waals surface area (Å²) >= 11 is 9.56. The summed E-state index contributed by atoms with van der Waals surface area (Å²) < 4.78 is 6.34. The van der Waals surface area contributed by atoms with Crippen molar-refractivity contribution in [2.24, 2.45) is 0 Å². The molecule has 1 heterocycles. The molecule has 3 rings (SSSR count). The molecule has 0 aliphatic heterocycles. The van der Waals surface area contributed by atoms with E-state index in [1.807, 2.05) is 36.4 Å². The Morgan fingerprint density at radius 1 is 1.26 bits per heavy atom. The van der Waals surface area contributed by atoms with Gasteiger partial charge in [0.15, 0.2) is 0 Å². The molecule has 0 saturated heterocycles. The molecule has 0 unspecified atom stereocenters. The maximum absolute atomic E-state index is 6.14. The van der Waals surface area contributed by atoms with E-state index in [1.54, 1.807) is 7.11 Å². The van der Waals surface area contributed by atoms with Gasteiger partial charge in [0.05, 0.1) is 23.2 Å². The number of hydrogen-bond donors (Lipinski definition) is 1. The van der Waals surface area contributed by atoms with Crippen LogP contribution in [0.4, 0.5) is 0 Å². The number of ether oxygens (including phenoxy) is 1. The van der Waals surface area contributed by atoms with Crippen molar-refractivity contribution in [3.63, 3.8) is 0 Å². The van der Waals surface area contributed by atoms with Gasteiger partial charge in [0.25, 0.3) is 0 Å². The zero-order chi connectivity index (χ0) is 13.4. The van der Waals surface area contributed by atoms with Crippen molar-refractivity contribution in [2.45, 2.75) is 0 Å². The molecule has 0 aliphatic carbocycles. The van der Waals surface area contributed by atoms with Crippen molar-refractivity contribution >= 4 is 38.6 Å². The molecule has 0 aliphatic rings. The minimum Gasteiger partial charge on any atom is -0.496 e. The second-order valence-corrected chi connectivity index (χ2v) is 5.39. The summed E-state index contributed by atoms with van der Waals surface area (Å²) in [5.74, 6) is 1.50. The maximum atomic E-state index is 6.14. The van der Waals surface area contributed by atoms with E-state index in [4.69, 9.17) is 16.3 Å². The molecule has 0 amide bonds. The van der Waals surface area contributed by atoms with Crippen molar-refractivity contribution in [2.75, 3.05) is 7.11 Å². The molecule has 3 nitrogen and oxygen atoms in total. The molecule has 2 aromatic carbocycles. The third kappa shape index (κ3) is 2.22. The van der Waals surface area contributed by atoms with Gasteiger partial charge < -0.3 is 9.72 Å². The Balaban J connectivity index is 2.22. The van der Waals surface area contributed by atoms with E-state index in [-0.39, 0.29) is 0 Å². The van der Waals surface area contributed by atoms with Crippen molar-refractivity contribution < 1.29 is 4.74 Å². The lowest BCUT2D eigenvalue weighted by Crippen LogP contribution is -1.89. The maximum Gasteiger partial charge on any atom is 0.142 e. The fraction of sp³-hybridized carbons (Fsp3) is 0.0714. The van der Waals surface area contributed by atoms with Gasteiger partial charge in [-0.05, 0) is 30.3 Å². The van der Waals surface area contributed by atoms with Crippen LogP contribution in [-0.4, -0.2) is 17.1 Å². The van der Waals surface area contributed by atoms with Crippen molar-refractivity contribution in [1.29, 1.82) is 0 Å². The number of hydrogen-bond acceptors (Lipinski definition) is 2. The average Bonchev–Trinajstić information content (AvgIpc) is 2.83. The van der Waals surface area contributed by atoms with Gasteiger partial charge in [0.1, 0.15) is 17.1 Å². The minimum atomic E-state index is 0.635. The number of H-pyrrole nitrogens is 1. The number of nitrogens with one attached hydrogen (secondary N) is 1. The lowest BCUT2D eigenvalue weighted by atomic mass is 10.2. The highest BCUT2D eigenvalue weighted by Gasteiger charge is 2.12. The van der Waals surface area contributed by atoms with Gasteiger partial charge in [-0.2, -0.15) is 0 Å². The van der Waals surface area contributed by atoms with Crippen molar-refractivity contribution in [3.05, 3.63) is 45.9 Å². The Bertz CT molecular complexity index is 754. The molecule has 0 spiro atoms. The quantitative estimate of drug-likeness (QED) is 0.739. The highest BCUT2D eigenvalue weighted by Crippen LogP contribution is 2.33. The Morgan fingerprint density at radius 3 is 2.84 bits per heavy atom. The number of halogens is 2. The number of aromatic nitrogens is 2. The Morgan fingerprint density at radius 2 is 2.11 bits per heavy atom. The highest BCUT2D eigenvalue weighted by atomic mass is 79.9. The van der Waals surface area contributed by atoms with Gasteiger partial charge in [-0.1, -0.05) is 33.6 Å². The first-order valence-corrected chi connectivity index (χ1v) is 6.84. The summed E-state index contributed by atoms with van der Waals surface area (Å²) in [5, 5.41) is 0.635. The third-order valence-electron chi connectivity index (χ3n) is 2.88. The molecule has 0 radical (unpaired) electrons. The van der Waals surface area contributed by atoms with Crippen LogP contribution in [0.3, 0.4) is 0 Å². The molecule has 0 fully saturated rings. The standard InChI is InChI=1S/C14H10BrClN2O/c1-19-12-7-8(15)5-6-9(12)14-17-11-4-2-3-10(16)13(11)18-14/h2-7H,1H3,(H,17,18). The molecule has 3 aromatic rings. The van der Waals surface area contributed by atoms with Crippen LogP contribution in [0.25, 0.3) is 22.4 Å². The van der Waals surface area contributed by atoms with Crippen LogP contribution in [0, 0.1) is 0 Å². The van der Waals surface area contributed by atoms with Crippen LogP contribution < -0.4 is 4.74 Å². The Hall–Kier alpha value is -1.52.